The van der Waals surface area contributed by atoms with E-state index in [0.29, 0.717) is 12.3 Å². The van der Waals surface area contributed by atoms with Gasteiger partial charge in [0, 0.05) is 12.5 Å². The van der Waals surface area contributed by atoms with Crippen molar-refractivity contribution in [2.75, 3.05) is 13.6 Å². The van der Waals surface area contributed by atoms with Crippen molar-refractivity contribution in [1.82, 2.24) is 4.90 Å². The predicted molar refractivity (Wildman–Crippen MR) is 75.9 cm³/mol. The number of hydrogen-bond donors (Lipinski definition) is 2. The molecule has 0 radical (unpaired) electrons. The minimum atomic E-state index is 0.348. The molecule has 0 aliphatic heterocycles. The van der Waals surface area contributed by atoms with Crippen molar-refractivity contribution in [3.63, 3.8) is 0 Å². The molecule has 18 heavy (non-hydrogen) atoms. The van der Waals surface area contributed by atoms with Crippen molar-refractivity contribution >= 4 is 5.84 Å². The van der Waals surface area contributed by atoms with Gasteiger partial charge in [-0.3, -0.25) is 0 Å². The fraction of sp³-hybridized carbons (Fsp3) is 0.929. The molecule has 0 spiro atoms. The van der Waals surface area contributed by atoms with E-state index in [1.165, 1.54) is 32.1 Å². The Kier molecular flexibility index (Phi) is 7.09. The fourth-order valence-electron chi connectivity index (χ4n) is 2.89. The lowest BCUT2D eigenvalue weighted by Gasteiger charge is -2.34. The summed E-state index contributed by atoms with van der Waals surface area (Å²) in [5.74, 6) is 1.32. The molecule has 1 aliphatic carbocycles. The van der Waals surface area contributed by atoms with Crippen molar-refractivity contribution in [3.8, 4) is 0 Å². The molecule has 0 aromatic rings. The molecule has 0 heterocycles. The molecule has 1 aliphatic rings. The van der Waals surface area contributed by atoms with E-state index < -0.39 is 0 Å². The molecule has 1 rings (SSSR count). The van der Waals surface area contributed by atoms with Crippen LogP contribution in [0.1, 0.15) is 58.3 Å². The third kappa shape index (κ3) is 5.25. The van der Waals surface area contributed by atoms with Crippen molar-refractivity contribution in [2.24, 2.45) is 16.8 Å². The first-order valence-corrected chi connectivity index (χ1v) is 7.34. The lowest BCUT2D eigenvalue weighted by atomic mass is 9.84. The van der Waals surface area contributed by atoms with Crippen molar-refractivity contribution in [2.45, 2.75) is 64.3 Å². The number of unbranched alkanes of at least 4 members (excludes halogenated alkanes) is 1. The first-order chi connectivity index (χ1) is 8.67. The highest BCUT2D eigenvalue weighted by molar-refractivity contribution is 5.79. The van der Waals surface area contributed by atoms with Gasteiger partial charge in [0.1, 0.15) is 5.84 Å². The number of amidine groups is 1. The molecule has 0 saturated heterocycles. The quantitative estimate of drug-likeness (QED) is 0.242. The van der Waals surface area contributed by atoms with Gasteiger partial charge < -0.3 is 15.8 Å². The zero-order valence-corrected chi connectivity index (χ0v) is 11.9. The molecule has 1 saturated carbocycles. The number of nitrogens with two attached hydrogens (primary N) is 1. The molecular weight excluding hydrogens is 226 g/mol. The smallest absolute Gasteiger partial charge is 0.139 e. The highest BCUT2D eigenvalue weighted by Gasteiger charge is 2.22. The second-order valence-corrected chi connectivity index (χ2v) is 5.61. The Morgan fingerprint density at radius 1 is 1.28 bits per heavy atom. The summed E-state index contributed by atoms with van der Waals surface area (Å²) >= 11 is 0. The normalized spacial score (nSPS) is 25.6. The molecule has 4 heteroatoms. The van der Waals surface area contributed by atoms with Crippen LogP contribution in [0.3, 0.4) is 0 Å². The highest BCUT2D eigenvalue weighted by atomic mass is 16.4. The topological polar surface area (TPSA) is 61.8 Å². The van der Waals surface area contributed by atoms with Crippen molar-refractivity contribution in [1.29, 1.82) is 0 Å². The number of oxime groups is 1. The van der Waals surface area contributed by atoms with E-state index in [2.05, 4.69) is 24.0 Å². The molecule has 4 nitrogen and oxygen atoms in total. The molecule has 0 amide bonds. The van der Waals surface area contributed by atoms with Gasteiger partial charge in [-0.1, -0.05) is 18.5 Å². The zero-order valence-electron chi connectivity index (χ0n) is 11.9. The summed E-state index contributed by atoms with van der Waals surface area (Å²) < 4.78 is 0. The Labute approximate surface area is 111 Å². The average Bonchev–Trinajstić information content (AvgIpc) is 2.43. The SMILES string of the molecule is CCC1CCC(N(C)CCCCC(N)=NO)CC1. The molecule has 1 fully saturated rings. The van der Waals surface area contributed by atoms with Crippen LogP contribution >= 0.6 is 0 Å². The molecular formula is C14H29N3O. The minimum Gasteiger partial charge on any atom is -0.409 e. The van der Waals surface area contributed by atoms with Gasteiger partial charge >= 0.3 is 0 Å². The average molecular weight is 255 g/mol. The van der Waals surface area contributed by atoms with Gasteiger partial charge in [0.2, 0.25) is 0 Å². The Bertz CT molecular complexity index is 247. The standard InChI is InChI=1S/C14H29N3O/c1-3-12-7-9-13(10-8-12)17(2)11-5-4-6-14(15)16-18/h12-13,18H,3-11H2,1-2H3,(H2,15,16). The van der Waals surface area contributed by atoms with Gasteiger partial charge in [-0.15, -0.1) is 0 Å². The van der Waals surface area contributed by atoms with E-state index in [9.17, 15) is 0 Å². The van der Waals surface area contributed by atoms with Gasteiger partial charge in [0.15, 0.2) is 0 Å². The Morgan fingerprint density at radius 2 is 1.94 bits per heavy atom. The lowest BCUT2D eigenvalue weighted by molar-refractivity contribution is 0.161. The predicted octanol–water partition coefficient (Wildman–Crippen LogP) is 2.80. The fourth-order valence-corrected chi connectivity index (χ4v) is 2.89. The summed E-state index contributed by atoms with van der Waals surface area (Å²) in [7, 11) is 2.24. The molecule has 0 unspecified atom stereocenters. The van der Waals surface area contributed by atoms with Crippen LogP contribution in [-0.2, 0) is 0 Å². The van der Waals surface area contributed by atoms with Crippen LogP contribution < -0.4 is 5.73 Å². The van der Waals surface area contributed by atoms with E-state index in [-0.39, 0.29) is 0 Å². The van der Waals surface area contributed by atoms with Gasteiger partial charge in [0.25, 0.3) is 0 Å². The first-order valence-electron chi connectivity index (χ1n) is 7.34. The maximum atomic E-state index is 8.45. The molecule has 3 N–H and O–H groups in total. The second-order valence-electron chi connectivity index (χ2n) is 5.61. The summed E-state index contributed by atoms with van der Waals surface area (Å²) in [6.45, 7) is 3.43. The Balaban J connectivity index is 2.12. The number of hydrogen-bond acceptors (Lipinski definition) is 3. The van der Waals surface area contributed by atoms with Crippen LogP contribution in [-0.4, -0.2) is 35.6 Å². The molecule has 0 atom stereocenters. The molecule has 0 bridgehead atoms. The molecule has 0 aromatic carbocycles. The third-order valence-electron chi connectivity index (χ3n) is 4.34. The van der Waals surface area contributed by atoms with E-state index >= 15 is 0 Å². The monoisotopic (exact) mass is 255 g/mol. The summed E-state index contributed by atoms with van der Waals surface area (Å²) in [6.07, 6.45) is 9.68. The maximum absolute atomic E-state index is 8.45. The van der Waals surface area contributed by atoms with Crippen LogP contribution in [0.25, 0.3) is 0 Å². The van der Waals surface area contributed by atoms with Crippen LogP contribution in [0.2, 0.25) is 0 Å². The van der Waals surface area contributed by atoms with Gasteiger partial charge in [-0.05, 0) is 58.0 Å². The third-order valence-corrected chi connectivity index (χ3v) is 4.34. The Hall–Kier alpha value is -0.770. The van der Waals surface area contributed by atoms with Crippen LogP contribution in [0.4, 0.5) is 0 Å². The van der Waals surface area contributed by atoms with Crippen LogP contribution in [0.15, 0.2) is 5.16 Å². The molecule has 0 aromatic heterocycles. The summed E-state index contributed by atoms with van der Waals surface area (Å²) in [5.41, 5.74) is 5.45. The van der Waals surface area contributed by atoms with E-state index in [0.717, 1.165) is 31.3 Å². The van der Waals surface area contributed by atoms with E-state index in [1.54, 1.807) is 0 Å². The van der Waals surface area contributed by atoms with Gasteiger partial charge in [0.05, 0.1) is 0 Å². The lowest BCUT2D eigenvalue weighted by Crippen LogP contribution is -2.35. The van der Waals surface area contributed by atoms with Gasteiger partial charge in [-0.2, -0.15) is 0 Å². The second kappa shape index (κ2) is 8.35. The first kappa shape index (κ1) is 15.3. The summed E-state index contributed by atoms with van der Waals surface area (Å²) in [5, 5.41) is 11.4. The summed E-state index contributed by atoms with van der Waals surface area (Å²) in [4.78, 5) is 2.50. The van der Waals surface area contributed by atoms with Crippen molar-refractivity contribution < 1.29 is 5.21 Å². The zero-order chi connectivity index (χ0) is 13.4. The van der Waals surface area contributed by atoms with Crippen LogP contribution in [0, 0.1) is 5.92 Å². The van der Waals surface area contributed by atoms with Crippen LogP contribution in [0.5, 0.6) is 0 Å². The number of nitrogens with zero attached hydrogens (tertiary/aromatic N) is 2. The number of rotatable bonds is 7. The van der Waals surface area contributed by atoms with E-state index in [1.807, 2.05) is 0 Å². The largest absolute Gasteiger partial charge is 0.409 e. The van der Waals surface area contributed by atoms with Crippen molar-refractivity contribution in [3.05, 3.63) is 0 Å². The Morgan fingerprint density at radius 3 is 2.50 bits per heavy atom. The highest BCUT2D eigenvalue weighted by Crippen LogP contribution is 2.28. The minimum absolute atomic E-state index is 0.348. The van der Waals surface area contributed by atoms with E-state index in [4.69, 9.17) is 10.9 Å². The molecule has 106 valence electrons. The summed E-state index contributed by atoms with van der Waals surface area (Å²) in [6, 6.07) is 0.775. The van der Waals surface area contributed by atoms with Gasteiger partial charge in [-0.25, -0.2) is 0 Å². The maximum Gasteiger partial charge on any atom is 0.139 e.